The Hall–Kier alpha value is -3.45. The molecule has 0 radical (unpaired) electrons. The van der Waals surface area contributed by atoms with Gasteiger partial charge in [0.25, 0.3) is 5.71 Å². The minimum Gasteiger partial charge on any atom is -0.422 e. The van der Waals surface area contributed by atoms with Gasteiger partial charge in [-0.15, -0.1) is 0 Å². The normalized spacial score (nSPS) is 17.0. The number of likely N-dealkylation sites (tertiary alicyclic amines) is 1. The molecular formula is C24H23F3N6O. The number of nitrogens with one attached hydrogen (secondary N) is 1. The summed E-state index contributed by atoms with van der Waals surface area (Å²) in [6.45, 7) is 4.70. The second kappa shape index (κ2) is 8.72. The van der Waals surface area contributed by atoms with E-state index in [2.05, 4.69) is 50.3 Å². The fourth-order valence-corrected chi connectivity index (χ4v) is 4.68. The third kappa shape index (κ3) is 4.61. The highest BCUT2D eigenvalue weighted by Gasteiger charge is 2.31. The molecule has 0 spiro atoms. The Morgan fingerprint density at radius 3 is 2.76 bits per heavy atom. The number of nitrogens with zero attached hydrogens (tertiary/aromatic N) is 5. The average Bonchev–Trinajstić information content (AvgIpc) is 3.40. The number of oxazole rings is 1. The predicted molar refractivity (Wildman–Crippen MR) is 120 cm³/mol. The quantitative estimate of drug-likeness (QED) is 0.587. The van der Waals surface area contributed by atoms with Crippen molar-refractivity contribution in [2.75, 3.05) is 18.4 Å². The molecule has 1 aromatic carbocycles. The summed E-state index contributed by atoms with van der Waals surface area (Å²) >= 11 is 0. The first-order valence-electron chi connectivity index (χ1n) is 11.2. The van der Waals surface area contributed by atoms with Crippen LogP contribution in [0.3, 0.4) is 0 Å². The van der Waals surface area contributed by atoms with Gasteiger partial charge in [0.15, 0.2) is 11.3 Å². The van der Waals surface area contributed by atoms with Crippen molar-refractivity contribution in [2.24, 2.45) is 0 Å². The van der Waals surface area contributed by atoms with Crippen molar-refractivity contribution in [2.45, 2.75) is 51.4 Å². The number of aromatic nitrogens is 3. The third-order valence-electron chi connectivity index (χ3n) is 6.47. The van der Waals surface area contributed by atoms with Crippen molar-refractivity contribution in [1.29, 1.82) is 5.26 Å². The summed E-state index contributed by atoms with van der Waals surface area (Å²) in [7, 11) is 0. The molecule has 0 bridgehead atoms. The summed E-state index contributed by atoms with van der Waals surface area (Å²) in [5.41, 5.74) is 5.96. The Kier molecular flexibility index (Phi) is 5.73. The molecule has 7 nitrogen and oxygen atoms in total. The summed E-state index contributed by atoms with van der Waals surface area (Å²) < 4.78 is 43.2. The molecule has 0 unspecified atom stereocenters. The molecule has 1 aliphatic heterocycles. The summed E-state index contributed by atoms with van der Waals surface area (Å²) in [5.74, 6) is -0.0162. The van der Waals surface area contributed by atoms with E-state index in [-0.39, 0.29) is 17.3 Å². The Balaban J connectivity index is 1.22. The zero-order valence-electron chi connectivity index (χ0n) is 18.6. The lowest BCUT2D eigenvalue weighted by Crippen LogP contribution is -2.39. The molecule has 3 aromatic rings. The van der Waals surface area contributed by atoms with Crippen LogP contribution in [0.5, 0.6) is 0 Å². The van der Waals surface area contributed by atoms with Crippen LogP contribution < -0.4 is 5.32 Å². The van der Waals surface area contributed by atoms with Gasteiger partial charge >= 0.3 is 6.18 Å². The minimum absolute atomic E-state index is 0.0508. The molecule has 34 heavy (non-hydrogen) atoms. The van der Waals surface area contributed by atoms with Gasteiger partial charge < -0.3 is 9.73 Å². The first kappa shape index (κ1) is 22.3. The second-order valence-corrected chi connectivity index (χ2v) is 8.85. The van der Waals surface area contributed by atoms with Crippen LogP contribution in [0, 0.1) is 18.3 Å². The van der Waals surface area contributed by atoms with Gasteiger partial charge in [0.2, 0.25) is 5.89 Å². The van der Waals surface area contributed by atoms with Gasteiger partial charge in [0, 0.05) is 37.7 Å². The molecule has 10 heteroatoms. The van der Waals surface area contributed by atoms with E-state index in [1.165, 1.54) is 28.6 Å². The van der Waals surface area contributed by atoms with Crippen LogP contribution in [0.1, 0.15) is 41.0 Å². The average molecular weight is 468 g/mol. The van der Waals surface area contributed by atoms with Crippen molar-refractivity contribution in [3.63, 3.8) is 0 Å². The first-order valence-corrected chi connectivity index (χ1v) is 11.2. The number of hydrogen-bond acceptors (Lipinski definition) is 7. The molecule has 0 saturated carbocycles. The number of hydrogen-bond donors (Lipinski definition) is 1. The maximum atomic E-state index is 12.7. The minimum atomic E-state index is -4.40. The monoisotopic (exact) mass is 468 g/mol. The number of nitriles is 1. The van der Waals surface area contributed by atoms with Gasteiger partial charge in [-0.05, 0) is 48.1 Å². The number of piperidine rings is 1. The second-order valence-electron chi connectivity index (χ2n) is 8.85. The highest BCUT2D eigenvalue weighted by Crippen LogP contribution is 2.31. The van der Waals surface area contributed by atoms with Crippen molar-refractivity contribution in [3.05, 3.63) is 52.2 Å². The standard InChI is InChI=1S/C24H23F3N6O/c1-14-17(3-2-16-8-15(11-28)9-19(14)16)12-33-6-4-18(5-7-33)31-22-21-23(30-13-29-22)34-20(32-21)10-24(25,26)27/h2-3,9,13,18H,4-8,10,12H2,1H3,(H,29,30,31). The van der Waals surface area contributed by atoms with Crippen LogP contribution in [0.2, 0.25) is 0 Å². The van der Waals surface area contributed by atoms with Crippen LogP contribution in [0.15, 0.2) is 28.5 Å². The zero-order valence-corrected chi connectivity index (χ0v) is 18.6. The van der Waals surface area contributed by atoms with E-state index >= 15 is 0 Å². The number of rotatable bonds is 5. The van der Waals surface area contributed by atoms with Crippen molar-refractivity contribution in [1.82, 2.24) is 19.9 Å². The molecule has 1 fully saturated rings. The smallest absolute Gasteiger partial charge is 0.397 e. The van der Waals surface area contributed by atoms with Crippen molar-refractivity contribution >= 4 is 23.1 Å². The maximum absolute atomic E-state index is 12.7. The lowest BCUT2D eigenvalue weighted by Gasteiger charge is -2.33. The maximum Gasteiger partial charge on any atom is 0.397 e. The highest BCUT2D eigenvalue weighted by atomic mass is 19.4. The van der Waals surface area contributed by atoms with E-state index in [0.717, 1.165) is 38.0 Å². The molecule has 176 valence electrons. The lowest BCUT2D eigenvalue weighted by atomic mass is 9.97. The van der Waals surface area contributed by atoms with E-state index in [1.807, 2.05) is 6.08 Å². The highest BCUT2D eigenvalue weighted by molar-refractivity contribution is 5.81. The van der Waals surface area contributed by atoms with Gasteiger partial charge in [-0.25, -0.2) is 9.97 Å². The largest absolute Gasteiger partial charge is 0.422 e. The van der Waals surface area contributed by atoms with Gasteiger partial charge in [-0.3, -0.25) is 4.90 Å². The Labute approximate surface area is 194 Å². The number of anilines is 1. The molecular weight excluding hydrogens is 445 g/mol. The number of allylic oxidation sites excluding steroid dienone is 1. The summed E-state index contributed by atoms with van der Waals surface area (Å²) in [4.78, 5) is 14.5. The van der Waals surface area contributed by atoms with E-state index in [9.17, 15) is 18.4 Å². The lowest BCUT2D eigenvalue weighted by molar-refractivity contribution is -0.130. The summed E-state index contributed by atoms with van der Waals surface area (Å²) in [5, 5.41) is 12.5. The Morgan fingerprint density at radius 2 is 2.03 bits per heavy atom. The first-order chi connectivity index (χ1) is 16.3. The zero-order chi connectivity index (χ0) is 23.9. The molecule has 1 saturated heterocycles. The summed E-state index contributed by atoms with van der Waals surface area (Å²) in [6.07, 6.45) is 0.0606. The van der Waals surface area contributed by atoms with Crippen molar-refractivity contribution in [3.8, 4) is 6.07 Å². The molecule has 0 amide bonds. The van der Waals surface area contributed by atoms with E-state index in [0.29, 0.717) is 12.2 Å². The molecule has 0 atom stereocenters. The topological polar surface area (TPSA) is 90.9 Å². The van der Waals surface area contributed by atoms with E-state index in [4.69, 9.17) is 4.42 Å². The molecule has 1 aliphatic carbocycles. The number of benzene rings is 1. The molecule has 1 N–H and O–H groups in total. The van der Waals surface area contributed by atoms with Crippen LogP contribution >= 0.6 is 0 Å². The third-order valence-corrected chi connectivity index (χ3v) is 6.47. The fourth-order valence-electron chi connectivity index (χ4n) is 4.68. The van der Waals surface area contributed by atoms with Crippen LogP contribution in [0.4, 0.5) is 19.0 Å². The fraction of sp³-hybridized carbons (Fsp3) is 0.417. The van der Waals surface area contributed by atoms with Gasteiger partial charge in [-0.1, -0.05) is 12.1 Å². The number of fused-ring (bicyclic) bond motifs is 2. The summed E-state index contributed by atoms with van der Waals surface area (Å²) in [6, 6.07) is 6.67. The molecule has 2 aliphatic rings. The molecule has 3 heterocycles. The van der Waals surface area contributed by atoms with Gasteiger partial charge in [0.05, 0.1) is 6.07 Å². The SMILES string of the molecule is Cc1c(CN2CCC(Nc3ncnc4oc(CC(F)(F)F)nc34)CC2)ccc2c1C=C(C#N)C2. The molecule has 5 rings (SSSR count). The number of halogens is 3. The van der Waals surface area contributed by atoms with E-state index < -0.39 is 18.5 Å². The van der Waals surface area contributed by atoms with Gasteiger partial charge in [-0.2, -0.15) is 23.4 Å². The van der Waals surface area contributed by atoms with Crippen LogP contribution in [-0.4, -0.2) is 45.2 Å². The van der Waals surface area contributed by atoms with Crippen LogP contribution in [-0.2, 0) is 19.4 Å². The Bertz CT molecular complexity index is 1300. The molecule has 2 aromatic heterocycles. The van der Waals surface area contributed by atoms with Gasteiger partial charge in [0.1, 0.15) is 12.7 Å². The van der Waals surface area contributed by atoms with E-state index in [1.54, 1.807) is 0 Å². The predicted octanol–water partition coefficient (Wildman–Crippen LogP) is 4.57. The van der Waals surface area contributed by atoms with Crippen molar-refractivity contribution < 1.29 is 17.6 Å². The van der Waals surface area contributed by atoms with Crippen LogP contribution in [0.25, 0.3) is 17.3 Å². The Morgan fingerprint density at radius 1 is 1.24 bits per heavy atom. The number of alkyl halides is 3.